The first kappa shape index (κ1) is 15.7. The van der Waals surface area contributed by atoms with E-state index in [-0.39, 0.29) is 5.56 Å². The molecule has 0 aliphatic heterocycles. The molecule has 0 aromatic heterocycles. The smallest absolute Gasteiger partial charge is 0.292 e. The average molecular weight is 339 g/mol. The zero-order valence-corrected chi connectivity index (χ0v) is 12.9. The van der Waals surface area contributed by atoms with Crippen LogP contribution in [0.4, 0.5) is 13.2 Å². The van der Waals surface area contributed by atoms with Crippen LogP contribution in [0.2, 0.25) is 0 Å². The van der Waals surface area contributed by atoms with Crippen LogP contribution in [-0.4, -0.2) is 22.4 Å². The molecule has 0 spiro atoms. The summed E-state index contributed by atoms with van der Waals surface area (Å²) in [5.74, 6) is 0. The van der Waals surface area contributed by atoms with Gasteiger partial charge in [-0.3, -0.25) is 4.28 Å². The SMILES string of the molecule is CS(=O)O/N=C(/c1ccc2c(c1)Cc1ccccc1-2)C(F)(F)F. The maximum Gasteiger partial charge on any atom is 0.437 e. The van der Waals surface area contributed by atoms with Crippen molar-refractivity contribution in [1.82, 2.24) is 0 Å². The van der Waals surface area contributed by atoms with Crippen LogP contribution < -0.4 is 0 Å². The highest BCUT2D eigenvalue weighted by Gasteiger charge is 2.38. The maximum atomic E-state index is 13.2. The maximum absolute atomic E-state index is 13.2. The van der Waals surface area contributed by atoms with E-state index in [2.05, 4.69) is 9.44 Å². The van der Waals surface area contributed by atoms with E-state index in [9.17, 15) is 17.4 Å². The van der Waals surface area contributed by atoms with Gasteiger partial charge in [0.15, 0.2) is 5.71 Å². The molecule has 2 aromatic carbocycles. The van der Waals surface area contributed by atoms with E-state index >= 15 is 0 Å². The Morgan fingerprint density at radius 3 is 2.52 bits per heavy atom. The molecule has 0 fully saturated rings. The normalized spacial score (nSPS) is 15.0. The number of hydrogen-bond donors (Lipinski definition) is 0. The molecule has 0 saturated carbocycles. The lowest BCUT2D eigenvalue weighted by Crippen LogP contribution is -2.24. The molecule has 0 amide bonds. The van der Waals surface area contributed by atoms with Crippen molar-refractivity contribution >= 4 is 16.8 Å². The summed E-state index contributed by atoms with van der Waals surface area (Å²) in [7, 11) is 0. The first-order chi connectivity index (χ1) is 10.9. The first-order valence-corrected chi connectivity index (χ1v) is 8.22. The average Bonchev–Trinajstić information content (AvgIpc) is 2.83. The van der Waals surface area contributed by atoms with Crippen LogP contribution in [0.25, 0.3) is 11.1 Å². The molecule has 3 rings (SSSR count). The molecule has 0 N–H and O–H groups in total. The fourth-order valence-corrected chi connectivity index (χ4v) is 2.83. The van der Waals surface area contributed by atoms with Gasteiger partial charge in [-0.15, -0.1) is 0 Å². The monoisotopic (exact) mass is 339 g/mol. The van der Waals surface area contributed by atoms with Gasteiger partial charge in [0, 0.05) is 5.56 Å². The lowest BCUT2D eigenvalue weighted by atomic mass is 10.0. The van der Waals surface area contributed by atoms with Gasteiger partial charge in [-0.05, 0) is 34.7 Å². The highest BCUT2D eigenvalue weighted by molar-refractivity contribution is 7.79. The van der Waals surface area contributed by atoms with Gasteiger partial charge in [0.25, 0.3) is 0 Å². The van der Waals surface area contributed by atoms with Crippen molar-refractivity contribution in [2.45, 2.75) is 12.6 Å². The Hall–Kier alpha value is -2.15. The van der Waals surface area contributed by atoms with Crippen LogP contribution >= 0.6 is 0 Å². The molecule has 0 saturated heterocycles. The summed E-state index contributed by atoms with van der Waals surface area (Å²) in [5, 5.41) is 3.03. The summed E-state index contributed by atoms with van der Waals surface area (Å²) in [4.78, 5) is 0. The molecule has 1 aliphatic rings. The standard InChI is InChI=1S/C16H12F3NO2S/c1-23(21)22-20-15(16(17,18)19)11-6-7-14-12(9-11)8-10-4-2-3-5-13(10)14/h2-7,9H,8H2,1H3/b20-15-. The lowest BCUT2D eigenvalue weighted by molar-refractivity contribution is -0.0596. The number of halogens is 3. The van der Waals surface area contributed by atoms with Crippen molar-refractivity contribution in [3.63, 3.8) is 0 Å². The van der Waals surface area contributed by atoms with E-state index in [1.54, 1.807) is 6.07 Å². The highest BCUT2D eigenvalue weighted by Crippen LogP contribution is 2.37. The van der Waals surface area contributed by atoms with E-state index in [1.165, 1.54) is 12.1 Å². The Morgan fingerprint density at radius 2 is 1.83 bits per heavy atom. The summed E-state index contributed by atoms with van der Waals surface area (Å²) in [6, 6.07) is 12.2. The Balaban J connectivity index is 2.03. The molecular formula is C16H12F3NO2S. The fourth-order valence-electron chi connectivity index (χ4n) is 2.65. The van der Waals surface area contributed by atoms with Gasteiger partial charge in [-0.25, -0.2) is 4.21 Å². The number of benzene rings is 2. The predicted octanol–water partition coefficient (Wildman–Crippen LogP) is 3.83. The van der Waals surface area contributed by atoms with Crippen LogP contribution in [0.15, 0.2) is 47.6 Å². The van der Waals surface area contributed by atoms with E-state index in [1.807, 2.05) is 24.3 Å². The fraction of sp³-hybridized carbons (Fsp3) is 0.188. The number of hydrogen-bond acceptors (Lipinski definition) is 3. The molecule has 0 heterocycles. The lowest BCUT2D eigenvalue weighted by Gasteiger charge is -2.11. The van der Waals surface area contributed by atoms with Gasteiger partial charge in [-0.1, -0.05) is 41.6 Å². The number of rotatable bonds is 3. The van der Waals surface area contributed by atoms with Crippen molar-refractivity contribution in [1.29, 1.82) is 0 Å². The predicted molar refractivity (Wildman–Crippen MR) is 82.4 cm³/mol. The Labute approximate surface area is 133 Å². The molecule has 0 radical (unpaired) electrons. The molecule has 1 atom stereocenters. The molecule has 3 nitrogen and oxygen atoms in total. The second kappa shape index (κ2) is 5.81. The van der Waals surface area contributed by atoms with Gasteiger partial charge >= 0.3 is 6.18 Å². The number of oxime groups is 1. The minimum Gasteiger partial charge on any atom is -0.292 e. The topological polar surface area (TPSA) is 38.7 Å². The number of alkyl halides is 3. The van der Waals surface area contributed by atoms with Gasteiger partial charge in [-0.2, -0.15) is 13.2 Å². The third-order valence-electron chi connectivity index (χ3n) is 3.57. The van der Waals surface area contributed by atoms with Crippen molar-refractivity contribution in [2.75, 3.05) is 6.26 Å². The Kier molecular flexibility index (Phi) is 3.97. The molecular weight excluding hydrogens is 327 g/mol. The second-order valence-electron chi connectivity index (χ2n) is 5.12. The zero-order chi connectivity index (χ0) is 16.6. The molecule has 2 aromatic rings. The molecule has 23 heavy (non-hydrogen) atoms. The minimum absolute atomic E-state index is 0.102. The first-order valence-electron chi connectivity index (χ1n) is 6.74. The van der Waals surface area contributed by atoms with Gasteiger partial charge in [0.05, 0.1) is 6.26 Å². The van der Waals surface area contributed by atoms with Crippen molar-refractivity contribution < 1.29 is 21.7 Å². The Morgan fingerprint density at radius 1 is 1.13 bits per heavy atom. The molecule has 7 heteroatoms. The molecule has 1 aliphatic carbocycles. The van der Waals surface area contributed by atoms with Gasteiger partial charge in [0.2, 0.25) is 11.1 Å². The number of nitrogens with zero attached hydrogens (tertiary/aromatic N) is 1. The summed E-state index contributed by atoms with van der Waals surface area (Å²) in [6.07, 6.45) is -3.01. The Bertz CT molecular complexity index is 815. The van der Waals surface area contributed by atoms with Crippen LogP contribution in [0.5, 0.6) is 0 Å². The third-order valence-corrected chi connectivity index (χ3v) is 3.85. The minimum atomic E-state index is -4.70. The van der Waals surface area contributed by atoms with E-state index in [0.717, 1.165) is 28.5 Å². The summed E-state index contributed by atoms with van der Waals surface area (Å²) in [6.45, 7) is 0. The summed E-state index contributed by atoms with van der Waals surface area (Å²) < 4.78 is 54.6. The summed E-state index contributed by atoms with van der Waals surface area (Å²) in [5.41, 5.74) is 2.55. The zero-order valence-electron chi connectivity index (χ0n) is 12.1. The molecule has 0 bridgehead atoms. The molecule has 1 unspecified atom stereocenters. The van der Waals surface area contributed by atoms with Gasteiger partial charge in [0.1, 0.15) is 0 Å². The van der Waals surface area contributed by atoms with Crippen LogP contribution in [0, 0.1) is 0 Å². The highest BCUT2D eigenvalue weighted by atomic mass is 32.2. The second-order valence-corrected chi connectivity index (χ2v) is 6.07. The van der Waals surface area contributed by atoms with Crippen LogP contribution in [0.3, 0.4) is 0 Å². The van der Waals surface area contributed by atoms with Crippen molar-refractivity contribution in [2.24, 2.45) is 5.16 Å². The van der Waals surface area contributed by atoms with Crippen molar-refractivity contribution in [3.8, 4) is 11.1 Å². The molecule has 120 valence electrons. The largest absolute Gasteiger partial charge is 0.437 e. The van der Waals surface area contributed by atoms with Gasteiger partial charge < -0.3 is 0 Å². The number of fused-ring (bicyclic) bond motifs is 3. The van der Waals surface area contributed by atoms with Crippen molar-refractivity contribution in [3.05, 3.63) is 59.2 Å². The van der Waals surface area contributed by atoms with E-state index in [0.29, 0.717) is 6.42 Å². The summed E-state index contributed by atoms with van der Waals surface area (Å²) >= 11 is -1.91. The van der Waals surface area contributed by atoms with E-state index in [4.69, 9.17) is 0 Å². The van der Waals surface area contributed by atoms with E-state index < -0.39 is 23.0 Å². The quantitative estimate of drug-likeness (QED) is 0.537. The third kappa shape index (κ3) is 3.14. The van der Waals surface area contributed by atoms with Crippen LogP contribution in [0.1, 0.15) is 16.7 Å². The van der Waals surface area contributed by atoms with Crippen LogP contribution in [-0.2, 0) is 21.8 Å².